The fourth-order valence-corrected chi connectivity index (χ4v) is 1.69. The van der Waals surface area contributed by atoms with E-state index in [0.717, 1.165) is 11.3 Å². The van der Waals surface area contributed by atoms with Gasteiger partial charge in [-0.15, -0.1) is 0 Å². The molecule has 0 spiro atoms. The summed E-state index contributed by atoms with van der Waals surface area (Å²) in [7, 11) is 0. The van der Waals surface area contributed by atoms with Gasteiger partial charge in [-0.2, -0.15) is 0 Å². The summed E-state index contributed by atoms with van der Waals surface area (Å²) in [5, 5.41) is 0.580. The maximum absolute atomic E-state index is 6.06. The van der Waals surface area contributed by atoms with Crippen molar-refractivity contribution in [1.29, 1.82) is 0 Å². The Labute approximate surface area is 112 Å². The second-order valence-electron chi connectivity index (χ2n) is 4.24. The molecule has 0 unspecified atom stereocenters. The van der Waals surface area contributed by atoms with Gasteiger partial charge in [0.15, 0.2) is 0 Å². The van der Waals surface area contributed by atoms with Crippen LogP contribution in [0.5, 0.6) is 11.5 Å². The fraction of sp³-hybridized carbons (Fsp3) is 0.214. The molecule has 0 aliphatic heterocycles. The number of aromatic nitrogens is 1. The monoisotopic (exact) mass is 262 g/mol. The second kappa shape index (κ2) is 5.38. The average Bonchev–Trinajstić information content (AvgIpc) is 2.34. The van der Waals surface area contributed by atoms with Gasteiger partial charge in [0.25, 0.3) is 0 Å². The molecule has 0 radical (unpaired) electrons. The van der Waals surface area contributed by atoms with Gasteiger partial charge >= 0.3 is 0 Å². The Hall–Kier alpha value is -1.58. The first kappa shape index (κ1) is 12.9. The first-order valence-corrected chi connectivity index (χ1v) is 6.09. The summed E-state index contributed by atoms with van der Waals surface area (Å²) in [5.41, 5.74) is 7.66. The predicted molar refractivity (Wildman–Crippen MR) is 73.1 cm³/mol. The summed E-state index contributed by atoms with van der Waals surface area (Å²) in [6.07, 6.45) is 1.65. The lowest BCUT2D eigenvalue weighted by molar-refractivity contribution is 0.479. The molecule has 94 valence electrons. The van der Waals surface area contributed by atoms with E-state index in [1.165, 1.54) is 0 Å². The molecule has 2 rings (SSSR count). The second-order valence-corrected chi connectivity index (χ2v) is 4.65. The zero-order valence-corrected chi connectivity index (χ0v) is 11.1. The van der Waals surface area contributed by atoms with E-state index >= 15 is 0 Å². The van der Waals surface area contributed by atoms with Crippen molar-refractivity contribution in [2.24, 2.45) is 5.73 Å². The smallest absolute Gasteiger partial charge is 0.146 e. The predicted octanol–water partition coefficient (Wildman–Crippen LogP) is 3.86. The summed E-state index contributed by atoms with van der Waals surface area (Å²) in [4.78, 5) is 4.23. The van der Waals surface area contributed by atoms with Crippen LogP contribution in [0.3, 0.4) is 0 Å². The number of halogens is 1. The van der Waals surface area contributed by atoms with Crippen LogP contribution in [-0.4, -0.2) is 4.98 Å². The Morgan fingerprint density at radius 3 is 2.67 bits per heavy atom. The zero-order valence-electron chi connectivity index (χ0n) is 10.4. The molecule has 1 heterocycles. The zero-order chi connectivity index (χ0) is 13.1. The van der Waals surface area contributed by atoms with Crippen molar-refractivity contribution in [3.05, 3.63) is 52.8 Å². The minimum absolute atomic E-state index is 0.0818. The number of hydrogen-bond donors (Lipinski definition) is 1. The third kappa shape index (κ3) is 3.00. The van der Waals surface area contributed by atoms with E-state index in [-0.39, 0.29) is 6.04 Å². The van der Waals surface area contributed by atoms with Crippen molar-refractivity contribution in [3.8, 4) is 11.5 Å². The molecule has 0 aliphatic carbocycles. The van der Waals surface area contributed by atoms with Gasteiger partial charge in [-0.05, 0) is 43.7 Å². The molecule has 2 aromatic rings. The topological polar surface area (TPSA) is 48.1 Å². The molecule has 2 N–H and O–H groups in total. The van der Waals surface area contributed by atoms with Gasteiger partial charge in [-0.1, -0.05) is 17.7 Å². The lowest BCUT2D eigenvalue weighted by atomic mass is 10.2. The number of benzene rings is 1. The summed E-state index contributed by atoms with van der Waals surface area (Å²) in [6, 6.07) is 9.25. The Kier molecular flexibility index (Phi) is 3.84. The quantitative estimate of drug-likeness (QED) is 0.914. The summed E-state index contributed by atoms with van der Waals surface area (Å²) in [6.45, 7) is 3.88. The van der Waals surface area contributed by atoms with Crippen LogP contribution in [-0.2, 0) is 0 Å². The molecule has 0 saturated carbocycles. The number of hydrogen-bond acceptors (Lipinski definition) is 3. The summed E-state index contributed by atoms with van der Waals surface area (Å²) >= 11 is 6.06. The molecule has 0 amide bonds. The van der Waals surface area contributed by atoms with E-state index in [4.69, 9.17) is 22.1 Å². The van der Waals surface area contributed by atoms with E-state index in [1.54, 1.807) is 6.20 Å². The molecule has 18 heavy (non-hydrogen) atoms. The Morgan fingerprint density at radius 1 is 1.28 bits per heavy atom. The van der Waals surface area contributed by atoms with Crippen LogP contribution in [0, 0.1) is 6.92 Å². The number of ether oxygens (including phenoxy) is 1. The average molecular weight is 263 g/mol. The highest BCUT2D eigenvalue weighted by atomic mass is 35.5. The molecule has 1 atom stereocenters. The molecular weight excluding hydrogens is 248 g/mol. The third-order valence-corrected chi connectivity index (χ3v) is 2.85. The molecule has 0 fully saturated rings. The van der Waals surface area contributed by atoms with Crippen LogP contribution in [0.4, 0.5) is 0 Å². The van der Waals surface area contributed by atoms with Crippen LogP contribution < -0.4 is 10.5 Å². The fourth-order valence-electron chi connectivity index (χ4n) is 1.54. The summed E-state index contributed by atoms with van der Waals surface area (Å²) in [5.74, 6) is 1.28. The van der Waals surface area contributed by atoms with Crippen LogP contribution in [0.25, 0.3) is 0 Å². The lowest BCUT2D eigenvalue weighted by Gasteiger charge is -2.09. The SMILES string of the molecule is Cc1ccc(Cl)c(Oc2ccc([C@@H](C)N)nc2)c1. The molecule has 0 aliphatic rings. The van der Waals surface area contributed by atoms with Crippen molar-refractivity contribution in [1.82, 2.24) is 4.98 Å². The van der Waals surface area contributed by atoms with Crippen LogP contribution in [0.2, 0.25) is 5.02 Å². The molecule has 1 aromatic carbocycles. The Bertz CT molecular complexity index is 538. The number of pyridine rings is 1. The number of nitrogens with zero attached hydrogens (tertiary/aromatic N) is 1. The van der Waals surface area contributed by atoms with Gasteiger partial charge in [-0.25, -0.2) is 0 Å². The van der Waals surface area contributed by atoms with Gasteiger partial charge in [0.05, 0.1) is 16.9 Å². The van der Waals surface area contributed by atoms with E-state index in [2.05, 4.69) is 4.98 Å². The van der Waals surface area contributed by atoms with Gasteiger partial charge in [0, 0.05) is 6.04 Å². The van der Waals surface area contributed by atoms with E-state index < -0.39 is 0 Å². The van der Waals surface area contributed by atoms with Crippen molar-refractivity contribution in [2.75, 3.05) is 0 Å². The Balaban J connectivity index is 2.21. The molecule has 4 heteroatoms. The molecule has 1 aromatic heterocycles. The van der Waals surface area contributed by atoms with Crippen molar-refractivity contribution < 1.29 is 4.74 Å². The van der Waals surface area contributed by atoms with E-state index in [9.17, 15) is 0 Å². The largest absolute Gasteiger partial charge is 0.454 e. The number of rotatable bonds is 3. The maximum Gasteiger partial charge on any atom is 0.146 e. The van der Waals surface area contributed by atoms with Gasteiger partial charge < -0.3 is 10.5 Å². The van der Waals surface area contributed by atoms with Crippen molar-refractivity contribution >= 4 is 11.6 Å². The third-order valence-electron chi connectivity index (χ3n) is 2.54. The van der Waals surface area contributed by atoms with Crippen molar-refractivity contribution in [2.45, 2.75) is 19.9 Å². The van der Waals surface area contributed by atoms with Gasteiger partial charge in [0.2, 0.25) is 0 Å². The van der Waals surface area contributed by atoms with Crippen LogP contribution in [0.1, 0.15) is 24.2 Å². The van der Waals surface area contributed by atoms with Gasteiger partial charge in [-0.3, -0.25) is 4.98 Å². The highest BCUT2D eigenvalue weighted by Crippen LogP contribution is 2.29. The first-order valence-electron chi connectivity index (χ1n) is 5.72. The molecule has 3 nitrogen and oxygen atoms in total. The van der Waals surface area contributed by atoms with Crippen LogP contribution >= 0.6 is 11.6 Å². The molecule has 0 saturated heterocycles. The molecular formula is C14H15ClN2O. The number of nitrogens with two attached hydrogens (primary N) is 1. The summed E-state index contributed by atoms with van der Waals surface area (Å²) < 4.78 is 5.69. The minimum atomic E-state index is -0.0818. The minimum Gasteiger partial charge on any atom is -0.454 e. The highest BCUT2D eigenvalue weighted by molar-refractivity contribution is 6.32. The van der Waals surface area contributed by atoms with Crippen LogP contribution in [0.15, 0.2) is 36.5 Å². The Morgan fingerprint density at radius 2 is 2.06 bits per heavy atom. The van der Waals surface area contributed by atoms with Gasteiger partial charge in [0.1, 0.15) is 11.5 Å². The normalized spacial score (nSPS) is 12.2. The lowest BCUT2D eigenvalue weighted by Crippen LogP contribution is -2.06. The van der Waals surface area contributed by atoms with Crippen molar-refractivity contribution in [3.63, 3.8) is 0 Å². The number of aryl methyl sites for hydroxylation is 1. The standard InChI is InChI=1S/C14H15ClN2O/c1-9-3-5-12(15)14(7-9)18-11-4-6-13(10(2)16)17-8-11/h3-8,10H,16H2,1-2H3/t10-/m1/s1. The van der Waals surface area contributed by atoms with E-state index in [0.29, 0.717) is 16.5 Å². The maximum atomic E-state index is 6.06. The highest BCUT2D eigenvalue weighted by Gasteiger charge is 2.05. The van der Waals surface area contributed by atoms with E-state index in [1.807, 2.05) is 44.2 Å². The molecule has 0 bridgehead atoms. The first-order chi connectivity index (χ1) is 8.56.